The average Bonchev–Trinajstić information content (AvgIpc) is 2.29. The molecule has 1 aromatic heterocycles. The van der Waals surface area contributed by atoms with Crippen LogP contribution in [0.5, 0.6) is 0 Å². The fourth-order valence-electron chi connectivity index (χ4n) is 2.15. The van der Waals surface area contributed by atoms with Crippen LogP contribution in [0.2, 0.25) is 0 Å². The second kappa shape index (κ2) is 5.13. The van der Waals surface area contributed by atoms with Crippen LogP contribution in [0, 0.1) is 15.9 Å². The monoisotopic (exact) mass is 354 g/mol. The topological polar surface area (TPSA) is 38.9 Å². The highest BCUT2D eigenvalue weighted by atomic mass is 127. The molecule has 0 fully saturated rings. The number of aryl methyl sites for hydroxylation is 1. The van der Waals surface area contributed by atoms with E-state index in [1.54, 1.807) is 0 Å². The lowest BCUT2D eigenvalue weighted by molar-refractivity contribution is 0.378. The van der Waals surface area contributed by atoms with Gasteiger partial charge in [0, 0.05) is 14.7 Å². The molecule has 18 heavy (non-hydrogen) atoms. The number of nitrogens with two attached hydrogens (primary N) is 1. The van der Waals surface area contributed by atoms with Crippen molar-refractivity contribution in [3.63, 3.8) is 0 Å². The number of halogens is 1. The second-order valence-corrected chi connectivity index (χ2v) is 6.87. The highest BCUT2D eigenvalue weighted by Gasteiger charge is 2.18. The number of hydrogen-bond donors (Lipinski definition) is 1. The molecule has 1 aromatic carbocycles. The summed E-state index contributed by atoms with van der Waals surface area (Å²) in [5.74, 6) is 0. The molecule has 0 unspecified atom stereocenters. The van der Waals surface area contributed by atoms with Crippen LogP contribution in [-0.4, -0.2) is 11.5 Å². The van der Waals surface area contributed by atoms with E-state index in [-0.39, 0.29) is 5.41 Å². The van der Waals surface area contributed by atoms with E-state index in [0.29, 0.717) is 6.54 Å². The number of benzene rings is 1. The molecule has 3 heteroatoms. The highest BCUT2D eigenvalue weighted by molar-refractivity contribution is 14.1. The first-order valence-corrected chi connectivity index (χ1v) is 7.25. The van der Waals surface area contributed by atoms with Crippen molar-refractivity contribution in [2.75, 3.05) is 6.54 Å². The summed E-state index contributed by atoms with van der Waals surface area (Å²) in [6.45, 7) is 7.17. The minimum absolute atomic E-state index is 0.127. The van der Waals surface area contributed by atoms with Gasteiger partial charge < -0.3 is 5.73 Å². The summed E-state index contributed by atoms with van der Waals surface area (Å²) in [5.41, 5.74) is 9.49. The van der Waals surface area contributed by atoms with E-state index in [2.05, 4.69) is 72.6 Å². The normalized spacial score (nSPS) is 12.1. The summed E-state index contributed by atoms with van der Waals surface area (Å²) in [5, 5.41) is 1.26. The minimum atomic E-state index is 0.127. The zero-order valence-corrected chi connectivity index (χ0v) is 13.3. The Morgan fingerprint density at radius 1 is 1.28 bits per heavy atom. The number of hydrogen-bond acceptors (Lipinski definition) is 2. The molecular formula is C15H19IN2. The summed E-state index contributed by atoms with van der Waals surface area (Å²) in [6, 6.07) is 8.61. The van der Waals surface area contributed by atoms with Gasteiger partial charge in [-0.15, -0.1) is 0 Å². The van der Waals surface area contributed by atoms with Crippen LogP contribution >= 0.6 is 22.6 Å². The zero-order chi connectivity index (χ0) is 13.3. The van der Waals surface area contributed by atoms with Crippen LogP contribution in [0.15, 0.2) is 24.3 Å². The number of fused-ring (bicyclic) bond motifs is 1. The van der Waals surface area contributed by atoms with Crippen molar-refractivity contribution < 1.29 is 0 Å². The standard InChI is InChI=1S/C15H19IN2/c1-10-6-11(8-15(2,3)9-17)13-7-12(16)4-5-14(13)18-10/h4-7H,8-9,17H2,1-3H3. The van der Waals surface area contributed by atoms with E-state index in [1.165, 1.54) is 14.5 Å². The molecule has 96 valence electrons. The van der Waals surface area contributed by atoms with Gasteiger partial charge in [-0.25, -0.2) is 0 Å². The first-order chi connectivity index (χ1) is 8.41. The predicted molar refractivity (Wildman–Crippen MR) is 85.7 cm³/mol. The lowest BCUT2D eigenvalue weighted by Gasteiger charge is -2.23. The van der Waals surface area contributed by atoms with Crippen LogP contribution in [0.1, 0.15) is 25.1 Å². The lowest BCUT2D eigenvalue weighted by atomic mass is 9.84. The molecule has 2 aromatic rings. The van der Waals surface area contributed by atoms with Gasteiger partial charge in [-0.3, -0.25) is 4.98 Å². The van der Waals surface area contributed by atoms with Gasteiger partial charge in [-0.1, -0.05) is 13.8 Å². The third kappa shape index (κ3) is 3.01. The zero-order valence-electron chi connectivity index (χ0n) is 11.1. The van der Waals surface area contributed by atoms with E-state index < -0.39 is 0 Å². The smallest absolute Gasteiger partial charge is 0.0708 e. The Hall–Kier alpha value is -0.680. The third-order valence-corrected chi connectivity index (χ3v) is 3.88. The summed E-state index contributed by atoms with van der Waals surface area (Å²) in [4.78, 5) is 4.60. The molecule has 2 N–H and O–H groups in total. The van der Waals surface area contributed by atoms with Crippen molar-refractivity contribution in [2.24, 2.45) is 11.1 Å². The first-order valence-electron chi connectivity index (χ1n) is 6.17. The fraction of sp³-hybridized carbons (Fsp3) is 0.400. The van der Waals surface area contributed by atoms with Crippen LogP contribution in [0.25, 0.3) is 10.9 Å². The van der Waals surface area contributed by atoms with Crippen LogP contribution in [-0.2, 0) is 6.42 Å². The molecule has 0 aliphatic heterocycles. The molecule has 0 saturated carbocycles. The highest BCUT2D eigenvalue weighted by Crippen LogP contribution is 2.27. The number of rotatable bonds is 3. The largest absolute Gasteiger partial charge is 0.330 e. The Bertz CT molecular complexity index is 576. The number of aromatic nitrogens is 1. The molecule has 2 nitrogen and oxygen atoms in total. The molecule has 0 bridgehead atoms. The van der Waals surface area contributed by atoms with E-state index in [1.807, 2.05) is 0 Å². The van der Waals surface area contributed by atoms with E-state index in [4.69, 9.17) is 5.73 Å². The van der Waals surface area contributed by atoms with E-state index in [9.17, 15) is 0 Å². The number of nitrogens with zero attached hydrogens (tertiary/aromatic N) is 1. The van der Waals surface area contributed by atoms with Crippen molar-refractivity contribution >= 4 is 33.5 Å². The summed E-state index contributed by atoms with van der Waals surface area (Å²) in [7, 11) is 0. The molecule has 0 atom stereocenters. The van der Waals surface area contributed by atoms with Gasteiger partial charge in [0.15, 0.2) is 0 Å². The molecule has 0 saturated heterocycles. The van der Waals surface area contributed by atoms with Crippen molar-refractivity contribution in [1.82, 2.24) is 4.98 Å². The molecule has 1 heterocycles. The quantitative estimate of drug-likeness (QED) is 0.855. The maximum absolute atomic E-state index is 5.85. The van der Waals surface area contributed by atoms with Gasteiger partial charge in [-0.2, -0.15) is 0 Å². The lowest BCUT2D eigenvalue weighted by Crippen LogP contribution is -2.26. The Balaban J connectivity index is 2.58. The Labute approximate surface area is 122 Å². The third-order valence-electron chi connectivity index (χ3n) is 3.21. The van der Waals surface area contributed by atoms with Crippen molar-refractivity contribution in [3.05, 3.63) is 39.1 Å². The van der Waals surface area contributed by atoms with Crippen molar-refractivity contribution in [3.8, 4) is 0 Å². The van der Waals surface area contributed by atoms with Gasteiger partial charge in [0.1, 0.15) is 0 Å². The molecule has 0 spiro atoms. The molecule has 0 radical (unpaired) electrons. The molecule has 0 aliphatic carbocycles. The van der Waals surface area contributed by atoms with E-state index >= 15 is 0 Å². The Morgan fingerprint density at radius 2 is 2.00 bits per heavy atom. The van der Waals surface area contributed by atoms with E-state index in [0.717, 1.165) is 17.6 Å². The van der Waals surface area contributed by atoms with Gasteiger partial charge in [0.2, 0.25) is 0 Å². The molecule has 2 rings (SSSR count). The summed E-state index contributed by atoms with van der Waals surface area (Å²) in [6.07, 6.45) is 0.990. The minimum Gasteiger partial charge on any atom is -0.330 e. The fourth-order valence-corrected chi connectivity index (χ4v) is 2.64. The van der Waals surface area contributed by atoms with Crippen molar-refractivity contribution in [2.45, 2.75) is 27.2 Å². The Kier molecular flexibility index (Phi) is 3.92. The van der Waals surface area contributed by atoms with Gasteiger partial charge in [0.05, 0.1) is 5.52 Å². The van der Waals surface area contributed by atoms with Gasteiger partial charge in [0.25, 0.3) is 0 Å². The van der Waals surface area contributed by atoms with Gasteiger partial charge in [-0.05, 0) is 77.7 Å². The summed E-state index contributed by atoms with van der Waals surface area (Å²) >= 11 is 2.35. The predicted octanol–water partition coefficient (Wildman–Crippen LogP) is 3.68. The van der Waals surface area contributed by atoms with Gasteiger partial charge >= 0.3 is 0 Å². The average molecular weight is 354 g/mol. The van der Waals surface area contributed by atoms with Crippen molar-refractivity contribution in [1.29, 1.82) is 0 Å². The maximum Gasteiger partial charge on any atom is 0.0708 e. The maximum atomic E-state index is 5.85. The SMILES string of the molecule is Cc1cc(CC(C)(C)CN)c2cc(I)ccc2n1. The molecule has 0 aliphatic rings. The first kappa shape index (κ1) is 13.7. The molecule has 0 amide bonds. The van der Waals surface area contributed by atoms with Crippen LogP contribution in [0.4, 0.5) is 0 Å². The number of pyridine rings is 1. The second-order valence-electron chi connectivity index (χ2n) is 5.63. The summed E-state index contributed by atoms with van der Waals surface area (Å²) < 4.78 is 1.25. The Morgan fingerprint density at radius 3 is 2.67 bits per heavy atom. The van der Waals surface area contributed by atoms with Crippen LogP contribution < -0.4 is 5.73 Å². The van der Waals surface area contributed by atoms with Crippen LogP contribution in [0.3, 0.4) is 0 Å². The molecular weight excluding hydrogens is 335 g/mol.